The van der Waals surface area contributed by atoms with Gasteiger partial charge in [0.1, 0.15) is 17.5 Å². The van der Waals surface area contributed by atoms with E-state index in [9.17, 15) is 0 Å². The Morgan fingerprint density at radius 2 is 0.448 bits per heavy atom. The maximum absolute atomic E-state index is 6.87. The minimum Gasteiger partial charge on any atom is -0.453 e. The van der Waals surface area contributed by atoms with Gasteiger partial charge < -0.3 is 27.9 Å². The minimum absolute atomic E-state index is 0.445. The molecule has 0 atom stereocenters. The number of fused-ring (bicyclic) bond motifs is 15. The summed E-state index contributed by atoms with van der Waals surface area (Å²) in [4.78, 5) is 38.2. The molecule has 0 unspecified atom stereocenters. The SMILES string of the molecule is c1ccc2c(c1)Oc1cc(-n3c4ccccc4c4ccccc43)ccc1N2c1ccnc(-c2cc(-c3nccc(N4c5ccccc5Oc5cc(-n6c7ccccc7c7ccccc76)ccc54)n3)cc(-c3nccc(N4c5ccccc5Oc5cc(-n6c7ccccc7c7ccccc76)ccc54)n3)c2)n1. The van der Waals surface area contributed by atoms with Crippen molar-refractivity contribution in [3.8, 4) is 85.7 Å². The van der Waals surface area contributed by atoms with Gasteiger partial charge in [-0.2, -0.15) is 0 Å². The number of hydrogen-bond acceptors (Lipinski definition) is 12. The second kappa shape index (κ2) is 22.9. The van der Waals surface area contributed by atoms with E-state index in [1.165, 1.54) is 32.3 Å². The summed E-state index contributed by atoms with van der Waals surface area (Å²) in [5.74, 6) is 7.30. The Morgan fingerprint density at radius 1 is 0.210 bits per heavy atom. The van der Waals surface area contributed by atoms with E-state index in [1.54, 1.807) is 0 Å². The average Bonchev–Trinajstić information content (AvgIpc) is 1.73. The first kappa shape index (κ1) is 58.1. The van der Waals surface area contributed by atoms with E-state index in [0.717, 1.165) is 84.3 Å². The van der Waals surface area contributed by atoms with E-state index in [-0.39, 0.29) is 0 Å². The van der Waals surface area contributed by atoms with Crippen LogP contribution in [0.25, 0.3) is 117 Å². The number of benzene rings is 13. The number of nitrogens with zero attached hydrogens (tertiary/aromatic N) is 12. The average molecular weight is 1350 g/mol. The Hall–Kier alpha value is -14.7. The van der Waals surface area contributed by atoms with Crippen molar-refractivity contribution in [2.45, 2.75) is 0 Å². The minimum atomic E-state index is 0.445. The van der Waals surface area contributed by atoms with Crippen LogP contribution in [-0.2, 0) is 0 Å². The number of rotatable bonds is 9. The third kappa shape index (κ3) is 9.11. The predicted octanol–water partition coefficient (Wildman–Crippen LogP) is 23.1. The zero-order valence-electron chi connectivity index (χ0n) is 55.8. The van der Waals surface area contributed by atoms with Crippen molar-refractivity contribution < 1.29 is 14.2 Å². The molecule has 19 aromatic rings. The molecular weight excluding hydrogens is 1300 g/mol. The maximum Gasteiger partial charge on any atom is 0.161 e. The fourth-order valence-corrected chi connectivity index (χ4v) is 15.9. The molecule has 492 valence electrons. The van der Waals surface area contributed by atoms with Gasteiger partial charge in [-0.15, -0.1) is 0 Å². The van der Waals surface area contributed by atoms with E-state index in [4.69, 9.17) is 44.1 Å². The summed E-state index contributed by atoms with van der Waals surface area (Å²) >= 11 is 0. The van der Waals surface area contributed by atoms with Crippen molar-refractivity contribution in [1.29, 1.82) is 0 Å². The molecule has 0 fully saturated rings. The van der Waals surface area contributed by atoms with Crippen LogP contribution in [0.15, 0.2) is 328 Å². The third-order valence-corrected chi connectivity index (χ3v) is 20.4. The number of anilines is 9. The highest BCUT2D eigenvalue weighted by Crippen LogP contribution is 2.55. The zero-order valence-corrected chi connectivity index (χ0v) is 55.8. The fourth-order valence-electron chi connectivity index (χ4n) is 15.9. The Labute approximate surface area is 599 Å². The molecule has 13 aromatic carbocycles. The van der Waals surface area contributed by atoms with E-state index < -0.39 is 0 Å². The first-order valence-corrected chi connectivity index (χ1v) is 34.8. The smallest absolute Gasteiger partial charge is 0.161 e. The van der Waals surface area contributed by atoms with E-state index in [1.807, 2.05) is 110 Å². The second-order valence-corrected chi connectivity index (χ2v) is 26.3. The van der Waals surface area contributed by atoms with Crippen LogP contribution >= 0.6 is 0 Å². The molecule has 0 saturated heterocycles. The Bertz CT molecular complexity index is 6040. The molecule has 3 aliphatic rings. The highest BCUT2D eigenvalue weighted by atomic mass is 16.5. The summed E-state index contributed by atoms with van der Waals surface area (Å²) < 4.78 is 27.5. The van der Waals surface area contributed by atoms with E-state index in [2.05, 4.69) is 247 Å². The Morgan fingerprint density at radius 3 is 0.724 bits per heavy atom. The Kier molecular flexibility index (Phi) is 12.7. The normalized spacial score (nSPS) is 12.7. The molecule has 0 spiro atoms. The zero-order chi connectivity index (χ0) is 68.8. The lowest BCUT2D eigenvalue weighted by Crippen LogP contribution is -2.18. The summed E-state index contributed by atoms with van der Waals surface area (Å²) in [5.41, 5.74) is 16.5. The van der Waals surface area contributed by atoms with Crippen molar-refractivity contribution in [1.82, 2.24) is 43.6 Å². The predicted molar refractivity (Wildman–Crippen MR) is 417 cm³/mol. The van der Waals surface area contributed by atoms with Crippen LogP contribution in [0.1, 0.15) is 0 Å². The van der Waals surface area contributed by atoms with Gasteiger partial charge in [-0.3, -0.25) is 14.7 Å². The Balaban J connectivity index is 0.691. The highest BCUT2D eigenvalue weighted by molar-refractivity contribution is 6.12. The first-order valence-electron chi connectivity index (χ1n) is 34.8. The fraction of sp³-hybridized carbons (Fsp3) is 0. The van der Waals surface area contributed by atoms with Crippen molar-refractivity contribution >= 4 is 117 Å². The van der Waals surface area contributed by atoms with Gasteiger partial charge in [-0.05, 0) is 146 Å². The topological polar surface area (TPSA) is 130 Å². The summed E-state index contributed by atoms with van der Waals surface area (Å²) in [6.45, 7) is 0. The monoisotopic (exact) mass is 1350 g/mol. The van der Waals surface area contributed by atoms with Gasteiger partial charge in [0.15, 0.2) is 52.0 Å². The number of ether oxygens (including phenoxy) is 3. The van der Waals surface area contributed by atoms with Crippen LogP contribution in [0.4, 0.5) is 51.6 Å². The van der Waals surface area contributed by atoms with E-state index >= 15 is 0 Å². The molecule has 22 rings (SSSR count). The highest BCUT2D eigenvalue weighted by Gasteiger charge is 2.33. The molecule has 105 heavy (non-hydrogen) atoms. The van der Waals surface area contributed by atoms with Crippen LogP contribution < -0.4 is 28.9 Å². The molecule has 0 aliphatic carbocycles. The molecule has 0 amide bonds. The van der Waals surface area contributed by atoms with Crippen molar-refractivity contribution in [3.63, 3.8) is 0 Å². The molecule has 15 nitrogen and oxygen atoms in total. The second-order valence-electron chi connectivity index (χ2n) is 26.3. The van der Waals surface area contributed by atoms with Gasteiger partial charge in [-0.25, -0.2) is 29.9 Å². The molecule has 0 radical (unpaired) electrons. The number of para-hydroxylation sites is 12. The van der Waals surface area contributed by atoms with Gasteiger partial charge >= 0.3 is 0 Å². The lowest BCUT2D eigenvalue weighted by molar-refractivity contribution is 0.476. The van der Waals surface area contributed by atoms with Crippen molar-refractivity contribution in [2.75, 3.05) is 14.7 Å². The molecule has 15 heteroatoms. The van der Waals surface area contributed by atoms with Gasteiger partial charge in [-0.1, -0.05) is 146 Å². The summed E-state index contributed by atoms with van der Waals surface area (Å²) in [5, 5.41) is 7.07. The van der Waals surface area contributed by atoms with Crippen LogP contribution in [0, 0.1) is 0 Å². The lowest BCUT2D eigenvalue weighted by atomic mass is 10.0. The molecular formula is C90H54N12O3. The molecule has 3 aliphatic heterocycles. The maximum atomic E-state index is 6.87. The largest absolute Gasteiger partial charge is 0.453 e. The molecule has 0 saturated carbocycles. The number of aromatic nitrogens is 9. The van der Waals surface area contributed by atoms with E-state index in [0.29, 0.717) is 86.1 Å². The summed E-state index contributed by atoms with van der Waals surface area (Å²) in [7, 11) is 0. The first-order chi connectivity index (χ1) is 52.0. The summed E-state index contributed by atoms with van der Waals surface area (Å²) in [6, 6.07) is 106. The van der Waals surface area contributed by atoms with Crippen LogP contribution in [0.5, 0.6) is 34.5 Å². The van der Waals surface area contributed by atoms with Gasteiger partial charge in [0.2, 0.25) is 0 Å². The molecule has 0 bridgehead atoms. The third-order valence-electron chi connectivity index (χ3n) is 20.4. The number of hydrogen-bond donors (Lipinski definition) is 0. The lowest BCUT2D eigenvalue weighted by Gasteiger charge is -2.32. The van der Waals surface area contributed by atoms with Gasteiger partial charge in [0, 0.05) is 85.8 Å². The standard InChI is InChI=1S/C90H54N12O3/c1-7-25-67-61(19-1)62-20-2-8-26-68(62)97(67)58-37-40-76-82(52-58)103-79-34-16-13-31-73(79)100(76)85-43-46-91-88(94-85)55-49-56(89-92-47-44-86(95-89)101-74-32-14-17-35-80(74)104-83-53-59(38-41-77(83)101)98-69-27-9-3-21-63(69)64-22-4-10-28-70(64)98)51-57(50-55)90-93-48-45-87(96-90)102-75-33-15-18-36-81(75)105-84-54-60(39-42-78(84)102)99-71-29-11-5-23-65(71)66-24-6-12-30-72(66)99/h1-54H. The van der Waals surface area contributed by atoms with Crippen LogP contribution in [-0.4, -0.2) is 43.6 Å². The van der Waals surface area contributed by atoms with Crippen molar-refractivity contribution in [3.05, 3.63) is 328 Å². The van der Waals surface area contributed by atoms with Crippen molar-refractivity contribution in [2.24, 2.45) is 0 Å². The molecule has 0 N–H and O–H groups in total. The quantitative estimate of drug-likeness (QED) is 0.136. The van der Waals surface area contributed by atoms with Gasteiger partial charge in [0.25, 0.3) is 0 Å². The van der Waals surface area contributed by atoms with Gasteiger partial charge in [0.05, 0.1) is 84.3 Å². The molecule has 6 aromatic heterocycles. The van der Waals surface area contributed by atoms with Crippen LogP contribution in [0.2, 0.25) is 0 Å². The van der Waals surface area contributed by atoms with Crippen LogP contribution in [0.3, 0.4) is 0 Å². The summed E-state index contributed by atoms with van der Waals surface area (Å²) in [6.07, 6.45) is 5.42. The molecule has 9 heterocycles.